The number of amides is 3. The van der Waals surface area contributed by atoms with Crippen LogP contribution in [0.3, 0.4) is 0 Å². The van der Waals surface area contributed by atoms with Crippen molar-refractivity contribution in [2.75, 3.05) is 4.90 Å². The van der Waals surface area contributed by atoms with E-state index in [-0.39, 0.29) is 5.91 Å². The topological polar surface area (TPSA) is 80.1 Å². The summed E-state index contributed by atoms with van der Waals surface area (Å²) in [5.41, 5.74) is 3.13. The number of pyridine rings is 1. The molecule has 2 aromatic carbocycles. The van der Waals surface area contributed by atoms with Gasteiger partial charge in [0.2, 0.25) is 0 Å². The van der Waals surface area contributed by atoms with Gasteiger partial charge in [-0.15, -0.1) is 11.8 Å². The number of fused-ring (bicyclic) bond motifs is 2. The first-order chi connectivity index (χ1) is 16.5. The third kappa shape index (κ3) is 3.21. The third-order valence-corrected chi connectivity index (χ3v) is 7.77. The molecule has 0 spiro atoms. The van der Waals surface area contributed by atoms with E-state index in [0.29, 0.717) is 10.7 Å². The van der Waals surface area contributed by atoms with E-state index < -0.39 is 17.3 Å². The standard InChI is InChI=1S/C25H18ClN5O2S/c1-30-13-28-11-19(30)16-7-4-8-17(26)22(16)21-9-18-23(34-21)24(32)31(25(33)29-18)20-12-27-10-14-5-2-3-6-15(14)20/h2-13,18,23H,1H3,(H,29,33). The molecule has 1 fully saturated rings. The number of carbonyl (C=O) groups excluding carboxylic acids is 2. The third-order valence-electron chi connectivity index (χ3n) is 6.11. The van der Waals surface area contributed by atoms with Crippen LogP contribution in [0.15, 0.2) is 73.5 Å². The number of aromatic nitrogens is 3. The summed E-state index contributed by atoms with van der Waals surface area (Å²) < 4.78 is 1.92. The molecule has 2 unspecified atom stereocenters. The molecular weight excluding hydrogens is 470 g/mol. The van der Waals surface area contributed by atoms with Gasteiger partial charge in [-0.1, -0.05) is 48.0 Å². The maximum Gasteiger partial charge on any atom is 0.329 e. The number of imide groups is 1. The number of urea groups is 1. The molecule has 2 aromatic heterocycles. The number of halogens is 1. The van der Waals surface area contributed by atoms with Gasteiger partial charge in [-0.05, 0) is 12.1 Å². The number of thioether (sulfide) groups is 1. The second-order valence-corrected chi connectivity index (χ2v) is 9.74. The zero-order chi connectivity index (χ0) is 23.4. The van der Waals surface area contributed by atoms with Crippen LogP contribution in [0.2, 0.25) is 5.02 Å². The summed E-state index contributed by atoms with van der Waals surface area (Å²) in [6, 6.07) is 12.4. The fourth-order valence-electron chi connectivity index (χ4n) is 4.51. The van der Waals surface area contributed by atoms with Crippen LogP contribution >= 0.6 is 23.4 Å². The predicted octanol–water partition coefficient (Wildman–Crippen LogP) is 4.87. The van der Waals surface area contributed by atoms with E-state index in [1.807, 2.05) is 60.2 Å². The number of aryl methyl sites for hydroxylation is 1. The number of hydrogen-bond donors (Lipinski definition) is 1. The van der Waals surface area contributed by atoms with E-state index in [1.165, 1.54) is 16.7 Å². The SMILES string of the molecule is Cn1cncc1-c1cccc(Cl)c1C1=CC2NC(=O)N(c3cncc4ccccc34)C(=O)C2S1. The normalized spacial score (nSPS) is 19.8. The lowest BCUT2D eigenvalue weighted by Crippen LogP contribution is -2.60. The number of anilines is 1. The fourth-order valence-corrected chi connectivity index (χ4v) is 6.18. The molecule has 0 saturated carbocycles. The minimum Gasteiger partial charge on any atom is -0.334 e. The second-order valence-electron chi connectivity index (χ2n) is 8.15. The van der Waals surface area contributed by atoms with Crippen LogP contribution < -0.4 is 10.2 Å². The zero-order valence-electron chi connectivity index (χ0n) is 18.0. The Labute approximate surface area is 204 Å². The molecule has 0 radical (unpaired) electrons. The number of rotatable bonds is 3. The largest absolute Gasteiger partial charge is 0.334 e. The second kappa shape index (κ2) is 8.00. The lowest BCUT2D eigenvalue weighted by Gasteiger charge is -2.33. The van der Waals surface area contributed by atoms with Gasteiger partial charge >= 0.3 is 6.03 Å². The van der Waals surface area contributed by atoms with Crippen LogP contribution in [0, 0.1) is 0 Å². The Morgan fingerprint density at radius 2 is 1.88 bits per heavy atom. The smallest absolute Gasteiger partial charge is 0.329 e. The molecule has 9 heteroatoms. The van der Waals surface area contributed by atoms with Crippen molar-refractivity contribution in [3.63, 3.8) is 0 Å². The van der Waals surface area contributed by atoms with Gasteiger partial charge in [-0.2, -0.15) is 0 Å². The average Bonchev–Trinajstić information content (AvgIpc) is 3.45. The Morgan fingerprint density at radius 1 is 1.03 bits per heavy atom. The lowest BCUT2D eigenvalue weighted by atomic mass is 10.0. The molecular formula is C25H18ClN5O2S. The molecule has 34 heavy (non-hydrogen) atoms. The highest BCUT2D eigenvalue weighted by molar-refractivity contribution is 8.09. The van der Waals surface area contributed by atoms with E-state index in [0.717, 1.165) is 32.5 Å². The Bertz CT molecular complexity index is 1510. The quantitative estimate of drug-likeness (QED) is 0.446. The molecule has 4 aromatic rings. The maximum absolute atomic E-state index is 13.6. The van der Waals surface area contributed by atoms with E-state index in [4.69, 9.17) is 11.6 Å². The van der Waals surface area contributed by atoms with Crippen LogP contribution in [-0.4, -0.2) is 37.8 Å². The molecule has 0 aliphatic carbocycles. The number of hydrogen-bond acceptors (Lipinski definition) is 5. The lowest BCUT2D eigenvalue weighted by molar-refractivity contribution is -0.118. The summed E-state index contributed by atoms with van der Waals surface area (Å²) in [7, 11) is 1.92. The zero-order valence-corrected chi connectivity index (χ0v) is 19.5. The van der Waals surface area contributed by atoms with Gasteiger partial charge in [-0.25, -0.2) is 14.7 Å². The number of benzene rings is 2. The molecule has 7 nitrogen and oxygen atoms in total. The summed E-state index contributed by atoms with van der Waals surface area (Å²) in [4.78, 5) is 37.2. The minimum absolute atomic E-state index is 0.280. The molecule has 3 amide bonds. The Morgan fingerprint density at radius 3 is 2.71 bits per heavy atom. The van der Waals surface area contributed by atoms with Crippen molar-refractivity contribution in [1.29, 1.82) is 0 Å². The van der Waals surface area contributed by atoms with Gasteiger partial charge < -0.3 is 9.88 Å². The maximum atomic E-state index is 13.6. The van der Waals surface area contributed by atoms with Crippen molar-refractivity contribution in [2.24, 2.45) is 7.05 Å². The molecule has 2 aliphatic rings. The van der Waals surface area contributed by atoms with E-state index in [2.05, 4.69) is 15.3 Å². The molecule has 2 aliphatic heterocycles. The van der Waals surface area contributed by atoms with Crippen molar-refractivity contribution < 1.29 is 9.59 Å². The van der Waals surface area contributed by atoms with Crippen molar-refractivity contribution in [3.05, 3.63) is 84.0 Å². The van der Waals surface area contributed by atoms with Crippen LogP contribution in [0.1, 0.15) is 5.56 Å². The Balaban J connectivity index is 1.39. The van der Waals surface area contributed by atoms with Crippen molar-refractivity contribution in [1.82, 2.24) is 19.9 Å². The highest BCUT2D eigenvalue weighted by Crippen LogP contribution is 2.47. The van der Waals surface area contributed by atoms with E-state index in [1.54, 1.807) is 24.9 Å². The van der Waals surface area contributed by atoms with Crippen LogP contribution in [0.25, 0.3) is 26.9 Å². The highest BCUT2D eigenvalue weighted by Gasteiger charge is 2.46. The summed E-state index contributed by atoms with van der Waals surface area (Å²) in [6.45, 7) is 0. The number of imidazole rings is 1. The molecule has 6 rings (SSSR count). The van der Waals surface area contributed by atoms with E-state index >= 15 is 0 Å². The van der Waals surface area contributed by atoms with Crippen molar-refractivity contribution in [3.8, 4) is 11.3 Å². The van der Waals surface area contributed by atoms with Crippen LogP contribution in [0.5, 0.6) is 0 Å². The summed E-state index contributed by atoms with van der Waals surface area (Å²) in [6.07, 6.45) is 8.71. The monoisotopic (exact) mass is 487 g/mol. The molecule has 2 atom stereocenters. The first-order valence-electron chi connectivity index (χ1n) is 10.6. The predicted molar refractivity (Wildman–Crippen MR) is 135 cm³/mol. The first-order valence-corrected chi connectivity index (χ1v) is 11.9. The molecule has 4 heterocycles. The average molecular weight is 488 g/mol. The fraction of sp³-hybridized carbons (Fsp3) is 0.120. The summed E-state index contributed by atoms with van der Waals surface area (Å²) >= 11 is 8.07. The minimum atomic E-state index is -0.512. The Hall–Kier alpha value is -3.62. The van der Waals surface area contributed by atoms with Gasteiger partial charge in [0.25, 0.3) is 5.91 Å². The van der Waals surface area contributed by atoms with Crippen molar-refractivity contribution >= 4 is 56.7 Å². The highest BCUT2D eigenvalue weighted by atomic mass is 35.5. The van der Waals surface area contributed by atoms with Gasteiger partial charge in [0.05, 0.1) is 36.1 Å². The van der Waals surface area contributed by atoms with Crippen molar-refractivity contribution in [2.45, 2.75) is 11.3 Å². The van der Waals surface area contributed by atoms with Gasteiger partial charge in [0.1, 0.15) is 5.25 Å². The number of nitrogens with one attached hydrogen (secondary N) is 1. The first kappa shape index (κ1) is 20.9. The summed E-state index contributed by atoms with van der Waals surface area (Å²) in [5.74, 6) is -0.280. The van der Waals surface area contributed by atoms with Crippen LogP contribution in [-0.2, 0) is 11.8 Å². The number of carbonyl (C=O) groups is 2. The molecule has 168 valence electrons. The van der Waals surface area contributed by atoms with Gasteiger partial charge in [0, 0.05) is 45.1 Å². The van der Waals surface area contributed by atoms with Gasteiger partial charge in [-0.3, -0.25) is 9.78 Å². The molecule has 0 bridgehead atoms. The summed E-state index contributed by atoms with van der Waals surface area (Å²) in [5, 5.41) is 4.70. The molecule has 1 saturated heterocycles. The number of nitrogens with zero attached hydrogens (tertiary/aromatic N) is 4. The van der Waals surface area contributed by atoms with E-state index in [9.17, 15) is 9.59 Å². The Kier molecular flexibility index (Phi) is 4.93. The molecule has 1 N–H and O–H groups in total. The van der Waals surface area contributed by atoms with Crippen LogP contribution in [0.4, 0.5) is 10.5 Å². The van der Waals surface area contributed by atoms with Gasteiger partial charge in [0.15, 0.2) is 0 Å².